The van der Waals surface area contributed by atoms with E-state index in [2.05, 4.69) is 39.9 Å². The summed E-state index contributed by atoms with van der Waals surface area (Å²) >= 11 is 0. The molecule has 0 spiro atoms. The van der Waals surface area contributed by atoms with Gasteiger partial charge in [-0.3, -0.25) is 0 Å². The molecule has 0 rings (SSSR count). The fourth-order valence-electron chi connectivity index (χ4n) is 1.32. The summed E-state index contributed by atoms with van der Waals surface area (Å²) in [5.74, 6) is 0.684. The zero-order valence-electron chi connectivity index (χ0n) is 10.4. The van der Waals surface area contributed by atoms with E-state index in [0.717, 1.165) is 19.4 Å². The van der Waals surface area contributed by atoms with Gasteiger partial charge in [0.25, 0.3) is 0 Å². The van der Waals surface area contributed by atoms with E-state index in [1.165, 1.54) is 0 Å². The van der Waals surface area contributed by atoms with Crippen LogP contribution in [-0.2, 0) is 0 Å². The molecule has 0 radical (unpaired) electrons. The predicted molar refractivity (Wildman–Crippen MR) is 62.4 cm³/mol. The van der Waals surface area contributed by atoms with Gasteiger partial charge in [0, 0.05) is 19.2 Å². The highest BCUT2D eigenvalue weighted by Crippen LogP contribution is 2.21. The topological polar surface area (TPSA) is 32.3 Å². The molecule has 2 nitrogen and oxygen atoms in total. The Kier molecular flexibility index (Phi) is 6.38. The minimum absolute atomic E-state index is 0.297. The SMILES string of the molecule is CC(C)C(C)NCC(C)(C)CCCO. The van der Waals surface area contributed by atoms with E-state index in [9.17, 15) is 0 Å². The van der Waals surface area contributed by atoms with E-state index in [-0.39, 0.29) is 0 Å². The first-order chi connectivity index (χ1) is 6.39. The second kappa shape index (κ2) is 6.41. The number of nitrogens with one attached hydrogen (secondary N) is 1. The summed E-state index contributed by atoms with van der Waals surface area (Å²) in [4.78, 5) is 0. The third kappa shape index (κ3) is 6.39. The molecule has 0 amide bonds. The Balaban J connectivity index is 3.74. The van der Waals surface area contributed by atoms with Gasteiger partial charge in [0.2, 0.25) is 0 Å². The number of hydrogen-bond acceptors (Lipinski definition) is 2. The van der Waals surface area contributed by atoms with Gasteiger partial charge < -0.3 is 10.4 Å². The Bertz CT molecular complexity index is 143. The first-order valence-corrected chi connectivity index (χ1v) is 5.73. The molecule has 86 valence electrons. The van der Waals surface area contributed by atoms with Crippen LogP contribution in [0.4, 0.5) is 0 Å². The molecule has 1 atom stereocenters. The first kappa shape index (κ1) is 13.9. The van der Waals surface area contributed by atoms with Crippen molar-refractivity contribution in [1.29, 1.82) is 0 Å². The fourth-order valence-corrected chi connectivity index (χ4v) is 1.32. The van der Waals surface area contributed by atoms with Crippen LogP contribution >= 0.6 is 0 Å². The van der Waals surface area contributed by atoms with Crippen LogP contribution in [0.15, 0.2) is 0 Å². The molecule has 0 aliphatic rings. The van der Waals surface area contributed by atoms with Crippen molar-refractivity contribution in [3.8, 4) is 0 Å². The molecule has 14 heavy (non-hydrogen) atoms. The van der Waals surface area contributed by atoms with Crippen LogP contribution < -0.4 is 5.32 Å². The fraction of sp³-hybridized carbons (Fsp3) is 1.00. The maximum Gasteiger partial charge on any atom is 0.0431 e. The van der Waals surface area contributed by atoms with Gasteiger partial charge in [0.05, 0.1) is 0 Å². The van der Waals surface area contributed by atoms with E-state index in [0.29, 0.717) is 24.0 Å². The lowest BCUT2D eigenvalue weighted by Gasteiger charge is -2.28. The average molecular weight is 201 g/mol. The summed E-state index contributed by atoms with van der Waals surface area (Å²) in [6.07, 6.45) is 1.99. The molecule has 2 heteroatoms. The van der Waals surface area contributed by atoms with Crippen molar-refractivity contribution in [2.24, 2.45) is 11.3 Å². The maximum atomic E-state index is 8.77. The quantitative estimate of drug-likeness (QED) is 0.663. The molecular formula is C12H27NO. The van der Waals surface area contributed by atoms with E-state index in [1.807, 2.05) is 0 Å². The Morgan fingerprint density at radius 2 is 1.79 bits per heavy atom. The standard InChI is InChI=1S/C12H27NO/c1-10(2)11(3)13-9-12(4,5)7-6-8-14/h10-11,13-14H,6-9H2,1-5H3. The minimum Gasteiger partial charge on any atom is -0.396 e. The van der Waals surface area contributed by atoms with E-state index < -0.39 is 0 Å². The van der Waals surface area contributed by atoms with Gasteiger partial charge in [-0.15, -0.1) is 0 Å². The molecule has 0 bridgehead atoms. The molecule has 0 saturated carbocycles. The van der Waals surface area contributed by atoms with Crippen molar-refractivity contribution in [1.82, 2.24) is 5.32 Å². The summed E-state index contributed by atoms with van der Waals surface area (Å²) in [7, 11) is 0. The second-order valence-corrected chi connectivity index (χ2v) is 5.40. The smallest absolute Gasteiger partial charge is 0.0431 e. The average Bonchev–Trinajstić information content (AvgIpc) is 2.11. The highest BCUT2D eigenvalue weighted by molar-refractivity contribution is 4.74. The molecule has 0 heterocycles. The molecular weight excluding hydrogens is 174 g/mol. The third-order valence-corrected chi connectivity index (χ3v) is 2.91. The number of aliphatic hydroxyl groups excluding tert-OH is 1. The highest BCUT2D eigenvalue weighted by Gasteiger charge is 2.18. The largest absolute Gasteiger partial charge is 0.396 e. The summed E-state index contributed by atoms with van der Waals surface area (Å²) < 4.78 is 0. The lowest BCUT2D eigenvalue weighted by molar-refractivity contribution is 0.228. The Morgan fingerprint density at radius 3 is 2.21 bits per heavy atom. The summed E-state index contributed by atoms with van der Waals surface area (Å²) in [5.41, 5.74) is 0.297. The van der Waals surface area contributed by atoms with E-state index >= 15 is 0 Å². The summed E-state index contributed by atoms with van der Waals surface area (Å²) in [6.45, 7) is 12.5. The van der Waals surface area contributed by atoms with Crippen molar-refractivity contribution < 1.29 is 5.11 Å². The van der Waals surface area contributed by atoms with Crippen LogP contribution in [0, 0.1) is 11.3 Å². The van der Waals surface area contributed by atoms with Crippen LogP contribution in [0.25, 0.3) is 0 Å². The molecule has 0 aromatic carbocycles. The zero-order chi connectivity index (χ0) is 11.2. The number of aliphatic hydroxyl groups is 1. The normalized spacial score (nSPS) is 14.8. The molecule has 0 aromatic heterocycles. The number of hydrogen-bond donors (Lipinski definition) is 2. The van der Waals surface area contributed by atoms with Gasteiger partial charge in [-0.05, 0) is 31.1 Å². The van der Waals surface area contributed by atoms with Gasteiger partial charge in [0.1, 0.15) is 0 Å². The zero-order valence-corrected chi connectivity index (χ0v) is 10.4. The maximum absolute atomic E-state index is 8.77. The first-order valence-electron chi connectivity index (χ1n) is 5.73. The van der Waals surface area contributed by atoms with Crippen molar-refractivity contribution in [3.05, 3.63) is 0 Å². The van der Waals surface area contributed by atoms with Gasteiger partial charge in [-0.1, -0.05) is 27.7 Å². The van der Waals surface area contributed by atoms with Gasteiger partial charge in [0.15, 0.2) is 0 Å². The highest BCUT2D eigenvalue weighted by atomic mass is 16.2. The van der Waals surface area contributed by atoms with Crippen molar-refractivity contribution in [3.63, 3.8) is 0 Å². The predicted octanol–water partition coefficient (Wildman–Crippen LogP) is 2.42. The van der Waals surface area contributed by atoms with Crippen LogP contribution in [0.5, 0.6) is 0 Å². The third-order valence-electron chi connectivity index (χ3n) is 2.91. The molecule has 0 aliphatic carbocycles. The molecule has 0 saturated heterocycles. The molecule has 2 N–H and O–H groups in total. The van der Waals surface area contributed by atoms with Crippen molar-refractivity contribution >= 4 is 0 Å². The Labute approximate surface area is 89.1 Å². The van der Waals surface area contributed by atoms with Crippen LogP contribution in [-0.4, -0.2) is 24.3 Å². The van der Waals surface area contributed by atoms with E-state index in [1.54, 1.807) is 0 Å². The Morgan fingerprint density at radius 1 is 1.21 bits per heavy atom. The Hall–Kier alpha value is -0.0800. The lowest BCUT2D eigenvalue weighted by Crippen LogP contribution is -2.38. The number of rotatable bonds is 7. The van der Waals surface area contributed by atoms with Crippen molar-refractivity contribution in [2.45, 2.75) is 53.5 Å². The van der Waals surface area contributed by atoms with Crippen LogP contribution in [0.1, 0.15) is 47.5 Å². The van der Waals surface area contributed by atoms with E-state index in [4.69, 9.17) is 5.11 Å². The van der Waals surface area contributed by atoms with Gasteiger partial charge >= 0.3 is 0 Å². The molecule has 1 unspecified atom stereocenters. The molecule has 0 aromatic rings. The summed E-state index contributed by atoms with van der Waals surface area (Å²) in [5, 5.41) is 12.3. The molecule has 0 fully saturated rings. The second-order valence-electron chi connectivity index (χ2n) is 5.40. The van der Waals surface area contributed by atoms with Crippen LogP contribution in [0.2, 0.25) is 0 Å². The monoisotopic (exact) mass is 201 g/mol. The van der Waals surface area contributed by atoms with Crippen molar-refractivity contribution in [2.75, 3.05) is 13.2 Å². The van der Waals surface area contributed by atoms with Gasteiger partial charge in [-0.2, -0.15) is 0 Å². The lowest BCUT2D eigenvalue weighted by atomic mass is 9.87. The van der Waals surface area contributed by atoms with Gasteiger partial charge in [-0.25, -0.2) is 0 Å². The minimum atomic E-state index is 0.297. The van der Waals surface area contributed by atoms with Crippen LogP contribution in [0.3, 0.4) is 0 Å². The summed E-state index contributed by atoms with van der Waals surface area (Å²) in [6, 6.07) is 0.573. The molecule has 0 aliphatic heterocycles.